The van der Waals surface area contributed by atoms with Crippen molar-refractivity contribution in [2.45, 2.75) is 38.8 Å². The molecule has 0 bridgehead atoms. The summed E-state index contributed by atoms with van der Waals surface area (Å²) in [6.07, 6.45) is 5.13. The van der Waals surface area contributed by atoms with Gasteiger partial charge >= 0.3 is 0 Å². The van der Waals surface area contributed by atoms with Gasteiger partial charge in [-0.3, -0.25) is 14.6 Å². The van der Waals surface area contributed by atoms with Crippen LogP contribution in [-0.2, 0) is 21.5 Å². The Morgan fingerprint density at radius 3 is 2.59 bits per heavy atom. The molecule has 4 aromatic rings. The highest BCUT2D eigenvalue weighted by atomic mass is 16.5. The lowest BCUT2D eigenvalue weighted by atomic mass is 9.84. The van der Waals surface area contributed by atoms with E-state index in [1.165, 1.54) is 4.90 Å². The van der Waals surface area contributed by atoms with Gasteiger partial charge in [-0.1, -0.05) is 45.0 Å². The third-order valence-corrected chi connectivity index (χ3v) is 6.81. The number of carbonyl (C=O) groups excluding carboxylic acids is 2. The highest BCUT2D eigenvalue weighted by molar-refractivity contribution is 6.46. The van der Waals surface area contributed by atoms with Crippen LogP contribution in [0.5, 0.6) is 5.75 Å². The number of para-hydroxylation sites is 1. The van der Waals surface area contributed by atoms with Crippen LogP contribution in [0.15, 0.2) is 78.8 Å². The van der Waals surface area contributed by atoms with Gasteiger partial charge in [0.05, 0.1) is 18.7 Å². The van der Waals surface area contributed by atoms with Gasteiger partial charge in [-0.2, -0.15) is 0 Å². The quantitative estimate of drug-likeness (QED) is 0.217. The summed E-state index contributed by atoms with van der Waals surface area (Å²) in [5.41, 5.74) is 3.53. The third-order valence-electron chi connectivity index (χ3n) is 6.81. The molecule has 7 heteroatoms. The number of aliphatic hydroxyl groups excluding tert-OH is 1. The number of ketones is 1. The minimum absolute atomic E-state index is 0.0590. The molecular weight excluding hydrogens is 466 g/mol. The molecule has 7 nitrogen and oxygen atoms in total. The van der Waals surface area contributed by atoms with E-state index in [0.29, 0.717) is 11.3 Å². The van der Waals surface area contributed by atoms with Gasteiger partial charge in [0.15, 0.2) is 0 Å². The number of Topliss-reactive ketones (excluding diaryl/α,β-unsaturated/α-hetero) is 1. The van der Waals surface area contributed by atoms with Crippen molar-refractivity contribution in [2.75, 3.05) is 7.11 Å². The zero-order valence-corrected chi connectivity index (χ0v) is 21.3. The van der Waals surface area contributed by atoms with Crippen LogP contribution in [0.2, 0.25) is 0 Å². The largest absolute Gasteiger partial charge is 0.507 e. The highest BCUT2D eigenvalue weighted by Gasteiger charge is 2.47. The minimum atomic E-state index is -0.781. The number of methoxy groups -OCH3 is 1. The van der Waals surface area contributed by atoms with Crippen LogP contribution in [0.4, 0.5) is 0 Å². The first-order valence-corrected chi connectivity index (χ1v) is 12.1. The first-order valence-electron chi connectivity index (χ1n) is 12.1. The summed E-state index contributed by atoms with van der Waals surface area (Å²) < 4.78 is 5.54. The van der Waals surface area contributed by atoms with E-state index >= 15 is 0 Å². The summed E-state index contributed by atoms with van der Waals surface area (Å²) in [4.78, 5) is 35.8. The number of nitrogens with one attached hydrogen (secondary N) is 1. The third kappa shape index (κ3) is 4.27. The summed E-state index contributed by atoms with van der Waals surface area (Å²) >= 11 is 0. The summed E-state index contributed by atoms with van der Waals surface area (Å²) in [5, 5.41) is 12.5. The fraction of sp³-hybridized carbons (Fsp3) is 0.233. The topological polar surface area (TPSA) is 95.5 Å². The molecule has 1 atom stereocenters. The molecule has 0 saturated carbocycles. The molecule has 0 aliphatic carbocycles. The fourth-order valence-corrected chi connectivity index (χ4v) is 4.97. The SMILES string of the molecule is COc1ccc(/C(O)=C2\C(=O)C(=O)N(Cc3cccnc3)C2c2c[nH]c3ccccc23)cc1C(C)(C)C. The average Bonchev–Trinajstić information content (AvgIpc) is 3.42. The number of hydrogen-bond donors (Lipinski definition) is 2. The van der Waals surface area contributed by atoms with Crippen molar-refractivity contribution in [3.63, 3.8) is 0 Å². The molecule has 1 aliphatic rings. The molecule has 2 aromatic carbocycles. The van der Waals surface area contributed by atoms with Crippen molar-refractivity contribution in [3.05, 3.63) is 101 Å². The lowest BCUT2D eigenvalue weighted by Crippen LogP contribution is -2.29. The Labute approximate surface area is 215 Å². The number of aromatic amines is 1. The van der Waals surface area contributed by atoms with Crippen molar-refractivity contribution in [1.82, 2.24) is 14.9 Å². The zero-order chi connectivity index (χ0) is 26.3. The molecular formula is C30H29N3O4. The van der Waals surface area contributed by atoms with Crippen LogP contribution < -0.4 is 4.74 Å². The Morgan fingerprint density at radius 2 is 1.89 bits per heavy atom. The van der Waals surface area contributed by atoms with Crippen molar-refractivity contribution < 1.29 is 19.4 Å². The first-order chi connectivity index (χ1) is 17.7. The van der Waals surface area contributed by atoms with E-state index < -0.39 is 17.7 Å². The van der Waals surface area contributed by atoms with Gasteiger partial charge in [-0.05, 0) is 41.3 Å². The maximum absolute atomic E-state index is 13.5. The summed E-state index contributed by atoms with van der Waals surface area (Å²) in [6, 6.07) is 15.9. The second-order valence-electron chi connectivity index (χ2n) is 10.2. The number of ether oxygens (including phenoxy) is 1. The molecule has 1 unspecified atom stereocenters. The average molecular weight is 496 g/mol. The Hall–Kier alpha value is -4.39. The molecule has 2 N–H and O–H groups in total. The Morgan fingerprint density at radius 1 is 1.11 bits per heavy atom. The highest BCUT2D eigenvalue weighted by Crippen LogP contribution is 2.43. The van der Waals surface area contributed by atoms with Gasteiger partial charge in [0.2, 0.25) is 0 Å². The maximum Gasteiger partial charge on any atom is 0.295 e. The number of aliphatic hydroxyl groups is 1. The molecule has 3 heterocycles. The number of aromatic nitrogens is 2. The predicted molar refractivity (Wildman–Crippen MR) is 142 cm³/mol. The number of fused-ring (bicyclic) bond motifs is 1. The van der Waals surface area contributed by atoms with Gasteiger partial charge in [-0.25, -0.2) is 0 Å². The second-order valence-corrected chi connectivity index (χ2v) is 10.2. The van der Waals surface area contributed by atoms with Crippen LogP contribution in [0.25, 0.3) is 16.7 Å². The lowest BCUT2D eigenvalue weighted by Gasteiger charge is -2.25. The van der Waals surface area contributed by atoms with E-state index in [9.17, 15) is 14.7 Å². The van der Waals surface area contributed by atoms with Crippen molar-refractivity contribution in [2.24, 2.45) is 0 Å². The molecule has 2 aromatic heterocycles. The lowest BCUT2D eigenvalue weighted by molar-refractivity contribution is -0.140. The van der Waals surface area contributed by atoms with Crippen LogP contribution in [0.3, 0.4) is 0 Å². The number of likely N-dealkylation sites (tertiary alicyclic amines) is 1. The molecule has 1 fully saturated rings. The van der Waals surface area contributed by atoms with Crippen LogP contribution in [-0.4, -0.2) is 38.8 Å². The molecule has 0 radical (unpaired) electrons. The van der Waals surface area contributed by atoms with E-state index in [0.717, 1.165) is 27.6 Å². The normalized spacial score (nSPS) is 17.5. The number of rotatable bonds is 5. The number of benzene rings is 2. The van der Waals surface area contributed by atoms with Gasteiger partial charge in [0.1, 0.15) is 11.5 Å². The fourth-order valence-electron chi connectivity index (χ4n) is 4.97. The first kappa shape index (κ1) is 24.3. The summed E-state index contributed by atoms with van der Waals surface area (Å²) in [6.45, 7) is 6.32. The molecule has 1 saturated heterocycles. The van der Waals surface area contributed by atoms with E-state index in [1.807, 2.05) is 57.2 Å². The van der Waals surface area contributed by atoms with Crippen molar-refractivity contribution in [1.29, 1.82) is 0 Å². The monoisotopic (exact) mass is 495 g/mol. The van der Waals surface area contributed by atoms with E-state index in [4.69, 9.17) is 4.74 Å². The van der Waals surface area contributed by atoms with E-state index in [1.54, 1.807) is 43.9 Å². The molecule has 188 valence electrons. The second kappa shape index (κ2) is 9.24. The Bertz CT molecular complexity index is 1530. The van der Waals surface area contributed by atoms with Gasteiger partial charge < -0.3 is 19.7 Å². The van der Waals surface area contributed by atoms with Gasteiger partial charge in [-0.15, -0.1) is 0 Å². The van der Waals surface area contributed by atoms with Gasteiger partial charge in [0, 0.05) is 52.7 Å². The number of nitrogens with zero attached hydrogens (tertiary/aromatic N) is 2. The standard InChI is InChI=1S/C30H29N3O4/c1-30(2,3)22-14-19(11-12-24(22)37-4)27(34)25-26(21-16-32-23-10-6-5-9-20(21)23)33(29(36)28(25)35)17-18-8-7-13-31-15-18/h5-16,26,32,34H,17H2,1-4H3/b27-25+. The van der Waals surface area contributed by atoms with E-state index in [-0.39, 0.29) is 23.3 Å². The van der Waals surface area contributed by atoms with Crippen molar-refractivity contribution >= 4 is 28.4 Å². The molecule has 0 spiro atoms. The summed E-state index contributed by atoms with van der Waals surface area (Å²) in [5.74, 6) is -0.903. The molecule has 37 heavy (non-hydrogen) atoms. The zero-order valence-electron chi connectivity index (χ0n) is 21.3. The Balaban J connectivity index is 1.72. The number of hydrogen-bond acceptors (Lipinski definition) is 5. The molecule has 5 rings (SSSR count). The van der Waals surface area contributed by atoms with Crippen LogP contribution in [0.1, 0.15) is 49.1 Å². The predicted octanol–water partition coefficient (Wildman–Crippen LogP) is 5.49. The number of H-pyrrole nitrogens is 1. The smallest absolute Gasteiger partial charge is 0.295 e. The van der Waals surface area contributed by atoms with Crippen molar-refractivity contribution in [3.8, 4) is 5.75 Å². The van der Waals surface area contributed by atoms with Crippen LogP contribution >= 0.6 is 0 Å². The van der Waals surface area contributed by atoms with Crippen LogP contribution in [0, 0.1) is 0 Å². The number of amides is 1. The Kier molecular flexibility index (Phi) is 6.07. The number of carbonyl (C=O) groups is 2. The number of pyridine rings is 1. The maximum atomic E-state index is 13.5. The molecule has 1 amide bonds. The van der Waals surface area contributed by atoms with Gasteiger partial charge in [0.25, 0.3) is 11.7 Å². The molecule has 1 aliphatic heterocycles. The summed E-state index contributed by atoms with van der Waals surface area (Å²) in [7, 11) is 1.60. The van der Waals surface area contributed by atoms with E-state index in [2.05, 4.69) is 9.97 Å². The minimum Gasteiger partial charge on any atom is -0.507 e.